The molecule has 2 bridgehead atoms. The smallest absolute Gasteiger partial charge is 0.338 e. The predicted molar refractivity (Wildman–Crippen MR) is 195 cm³/mol. The number of aliphatic hydroxyl groups excluding tert-OH is 2. The van der Waals surface area contributed by atoms with Gasteiger partial charge in [-0.3, -0.25) is 14.4 Å². The molecule has 14 nitrogen and oxygen atoms in total. The molecule has 1 aliphatic heterocycles. The number of aliphatic hydroxyl groups is 3. The summed E-state index contributed by atoms with van der Waals surface area (Å²) in [5, 5.41) is 36.5. The number of benzene rings is 2. The Morgan fingerprint density at radius 1 is 0.927 bits per heavy atom. The summed E-state index contributed by atoms with van der Waals surface area (Å²) in [5.41, 5.74) is -0.605. The average Bonchev–Trinajstić information content (AvgIpc) is 3.12. The van der Waals surface area contributed by atoms with Crippen LogP contribution in [0.4, 0.5) is 0 Å². The Labute approximate surface area is 319 Å². The number of esters is 4. The van der Waals surface area contributed by atoms with Crippen LogP contribution in [0.5, 0.6) is 0 Å². The summed E-state index contributed by atoms with van der Waals surface area (Å²) >= 11 is 0. The molecule has 1 heterocycles. The van der Waals surface area contributed by atoms with Gasteiger partial charge in [-0.15, -0.1) is 0 Å². The average molecular weight is 766 g/mol. The molecule has 0 amide bonds. The van der Waals surface area contributed by atoms with Crippen LogP contribution in [0.1, 0.15) is 83.8 Å². The maximum absolute atomic E-state index is 15.3. The fraction of sp³-hybridized carbons (Fsp3) is 0.537. The lowest BCUT2D eigenvalue weighted by atomic mass is 9.44. The fourth-order valence-electron chi connectivity index (χ4n) is 9.23. The zero-order chi connectivity index (χ0) is 39.5. The number of ketones is 1. The number of carbonyl (C=O) groups is 5. The molecule has 0 unspecified atom stereocenters. The molecule has 6 rings (SSSR count). The highest BCUT2D eigenvalue weighted by atomic mass is 16.6. The molecule has 3 aliphatic carbocycles. The number of ether oxygens (including phenoxy) is 5. The van der Waals surface area contributed by atoms with Gasteiger partial charge in [-0.2, -0.15) is 0 Å². The molecular weight excluding hydrogens is 714 g/mol. The lowest BCUT2D eigenvalue weighted by Crippen LogP contribution is -2.82. The summed E-state index contributed by atoms with van der Waals surface area (Å²) in [6.07, 6.45) is -9.98. The van der Waals surface area contributed by atoms with E-state index >= 15 is 4.79 Å². The maximum Gasteiger partial charge on any atom is 0.338 e. The maximum atomic E-state index is 15.3. The van der Waals surface area contributed by atoms with E-state index in [9.17, 15) is 34.5 Å². The molecule has 2 saturated carbocycles. The zero-order valence-electron chi connectivity index (χ0n) is 31.0. The lowest BCUT2D eigenvalue weighted by Gasteiger charge is -2.67. The Morgan fingerprint density at radius 2 is 1.53 bits per heavy atom. The van der Waals surface area contributed by atoms with E-state index < -0.39 is 107 Å². The van der Waals surface area contributed by atoms with Gasteiger partial charge in [-0.1, -0.05) is 69.8 Å². The lowest BCUT2D eigenvalue weighted by molar-refractivity contribution is -0.346. The topological polar surface area (TPSA) is 218 Å². The first-order valence-corrected chi connectivity index (χ1v) is 17.9. The molecule has 2 aromatic carbocycles. The van der Waals surface area contributed by atoms with Crippen molar-refractivity contribution in [3.05, 3.63) is 82.9 Å². The molecule has 14 heteroatoms. The SMILES string of the molecule is C.CC(=O)O[C@H]1C(=O)[C@@]2(C)[C@H]([C@H](OC(=O)c3ccccc3)[C@]3(O)C[C@H](OC(=O)[C@H](O)[C@@H](N)c4ccccc4)C(C)=C1C3(C)C)[C@]1(OC(C)=O)CO[C@@H]1C[C@@H]2O. The van der Waals surface area contributed by atoms with Gasteiger partial charge in [0.25, 0.3) is 0 Å². The number of hydrogen-bond donors (Lipinski definition) is 4. The third-order valence-corrected chi connectivity index (χ3v) is 12.2. The molecule has 55 heavy (non-hydrogen) atoms. The number of hydrogen-bond acceptors (Lipinski definition) is 14. The number of fused-ring (bicyclic) bond motifs is 5. The van der Waals surface area contributed by atoms with Crippen molar-refractivity contribution in [2.75, 3.05) is 6.61 Å². The molecule has 4 aliphatic rings. The van der Waals surface area contributed by atoms with E-state index in [4.69, 9.17) is 29.4 Å². The van der Waals surface area contributed by atoms with Crippen molar-refractivity contribution < 1.29 is 63.0 Å². The van der Waals surface area contributed by atoms with Gasteiger partial charge in [0, 0.05) is 32.1 Å². The normalized spacial score (nSPS) is 34.4. The van der Waals surface area contributed by atoms with Gasteiger partial charge in [0.15, 0.2) is 23.6 Å². The summed E-state index contributed by atoms with van der Waals surface area (Å²) in [4.78, 5) is 68.7. The highest BCUT2D eigenvalue weighted by Crippen LogP contribution is 2.64. The second-order valence-electron chi connectivity index (χ2n) is 15.6. The first kappa shape index (κ1) is 41.7. The molecule has 0 radical (unpaired) electrons. The van der Waals surface area contributed by atoms with Crippen molar-refractivity contribution in [1.29, 1.82) is 0 Å². The standard InChI is InChI=1S/C40H47NO13.CH4/c1-20-25(52-36(48)30(45)29(41)23-13-9-7-10-14-23)18-40(49)34(53-35(47)24-15-11-8-12-16-24)32-38(6,26(44)17-27-39(32,19-50-27)54-22(3)43)33(46)31(51-21(2)42)28(20)37(40,4)5;/h7-16,25-27,29-32,34,44-45,49H,17-19,41H2,1-6H3;1H4/t25-,26-,27+,29-,30+,31+,32-,34-,38+,39-,40+;/m0./s1. The predicted octanol–water partition coefficient (Wildman–Crippen LogP) is 2.90. The molecule has 1 saturated heterocycles. The largest absolute Gasteiger partial charge is 0.456 e. The number of rotatable bonds is 8. The fourth-order valence-corrected chi connectivity index (χ4v) is 9.23. The Morgan fingerprint density at radius 3 is 2.07 bits per heavy atom. The van der Waals surface area contributed by atoms with Gasteiger partial charge in [-0.05, 0) is 42.7 Å². The van der Waals surface area contributed by atoms with Crippen molar-refractivity contribution in [2.24, 2.45) is 22.5 Å². The van der Waals surface area contributed by atoms with Gasteiger partial charge >= 0.3 is 23.9 Å². The van der Waals surface area contributed by atoms with Crippen LogP contribution in [0.2, 0.25) is 0 Å². The van der Waals surface area contributed by atoms with E-state index in [2.05, 4.69) is 0 Å². The molecule has 5 N–H and O–H groups in total. The van der Waals surface area contributed by atoms with E-state index in [1.807, 2.05) is 0 Å². The van der Waals surface area contributed by atoms with E-state index in [0.717, 1.165) is 13.8 Å². The Bertz CT molecular complexity index is 1860. The van der Waals surface area contributed by atoms with E-state index in [1.54, 1.807) is 69.3 Å². The van der Waals surface area contributed by atoms with Crippen LogP contribution >= 0.6 is 0 Å². The van der Waals surface area contributed by atoms with Gasteiger partial charge < -0.3 is 44.7 Å². The molecule has 0 spiro atoms. The summed E-state index contributed by atoms with van der Waals surface area (Å²) in [6.45, 7) is 8.08. The highest BCUT2D eigenvalue weighted by Gasteiger charge is 2.78. The van der Waals surface area contributed by atoms with E-state index in [1.165, 1.54) is 19.1 Å². The minimum absolute atomic E-state index is 0. The van der Waals surface area contributed by atoms with Gasteiger partial charge in [0.2, 0.25) is 0 Å². The van der Waals surface area contributed by atoms with Crippen molar-refractivity contribution >= 4 is 29.7 Å². The Hall–Kier alpha value is -4.47. The van der Waals surface area contributed by atoms with E-state index in [-0.39, 0.29) is 37.2 Å². The minimum Gasteiger partial charge on any atom is -0.456 e. The second-order valence-corrected chi connectivity index (χ2v) is 15.6. The quantitative estimate of drug-likeness (QED) is 0.173. The molecule has 0 aromatic heterocycles. The molecule has 298 valence electrons. The van der Waals surface area contributed by atoms with Gasteiger partial charge in [-0.25, -0.2) is 9.59 Å². The minimum atomic E-state index is -2.32. The van der Waals surface area contributed by atoms with Crippen LogP contribution in [0.15, 0.2) is 71.8 Å². The summed E-state index contributed by atoms with van der Waals surface area (Å²) in [5.74, 6) is -6.01. The summed E-state index contributed by atoms with van der Waals surface area (Å²) < 4.78 is 29.9. The monoisotopic (exact) mass is 765 g/mol. The summed E-state index contributed by atoms with van der Waals surface area (Å²) in [7, 11) is 0. The number of Topliss-reactive ketones (excluding diaryl/α,β-unsaturated/α-hetero) is 1. The third-order valence-electron chi connectivity index (χ3n) is 12.2. The van der Waals surface area contributed by atoms with Crippen LogP contribution in [0.25, 0.3) is 0 Å². The van der Waals surface area contributed by atoms with Crippen molar-refractivity contribution in [3.63, 3.8) is 0 Å². The van der Waals surface area contributed by atoms with E-state index in [0.29, 0.717) is 5.56 Å². The molecule has 11 atom stereocenters. The Kier molecular flexibility index (Phi) is 11.3. The van der Waals surface area contributed by atoms with Crippen molar-refractivity contribution in [3.8, 4) is 0 Å². The zero-order valence-corrected chi connectivity index (χ0v) is 31.0. The third kappa shape index (κ3) is 6.57. The molecular formula is C41H51NO13. The number of carbonyl (C=O) groups excluding carboxylic acids is 5. The highest BCUT2D eigenvalue weighted by molar-refractivity contribution is 5.95. The van der Waals surface area contributed by atoms with Gasteiger partial charge in [0.1, 0.15) is 23.9 Å². The van der Waals surface area contributed by atoms with Crippen molar-refractivity contribution in [2.45, 2.75) is 116 Å². The van der Waals surface area contributed by atoms with Gasteiger partial charge in [0.05, 0.1) is 35.6 Å². The number of nitrogens with two attached hydrogens (primary N) is 1. The first-order chi connectivity index (χ1) is 25.3. The first-order valence-electron chi connectivity index (χ1n) is 17.9. The second kappa shape index (κ2) is 14.9. The van der Waals surface area contributed by atoms with Crippen LogP contribution in [-0.4, -0.2) is 99.4 Å². The van der Waals surface area contributed by atoms with Crippen LogP contribution in [0.3, 0.4) is 0 Å². The molecule has 2 aromatic rings. The van der Waals surface area contributed by atoms with Crippen LogP contribution < -0.4 is 5.73 Å². The Balaban J connectivity index is 0.00000580. The van der Waals surface area contributed by atoms with Crippen LogP contribution in [0, 0.1) is 16.7 Å². The van der Waals surface area contributed by atoms with Crippen LogP contribution in [-0.2, 0) is 42.9 Å². The van der Waals surface area contributed by atoms with Crippen molar-refractivity contribution in [1.82, 2.24) is 0 Å². The summed E-state index contributed by atoms with van der Waals surface area (Å²) in [6, 6.07) is 15.1. The molecule has 3 fully saturated rings.